The zero-order valence-corrected chi connectivity index (χ0v) is 19.1. The van der Waals surface area contributed by atoms with Crippen molar-refractivity contribution in [2.24, 2.45) is 5.92 Å². The van der Waals surface area contributed by atoms with E-state index in [2.05, 4.69) is 22.0 Å². The van der Waals surface area contributed by atoms with Crippen molar-refractivity contribution < 1.29 is 13.2 Å². The highest BCUT2D eigenvalue weighted by molar-refractivity contribution is 9.10. The molecule has 1 amide bonds. The van der Waals surface area contributed by atoms with Crippen molar-refractivity contribution in [1.82, 2.24) is 4.31 Å². The molecule has 1 saturated heterocycles. The van der Waals surface area contributed by atoms with Crippen LogP contribution in [0.2, 0.25) is 0 Å². The van der Waals surface area contributed by atoms with E-state index in [1.54, 1.807) is 6.08 Å². The summed E-state index contributed by atoms with van der Waals surface area (Å²) in [7, 11) is -3.49. The fraction of sp³-hybridized carbons (Fsp3) is 0.348. The van der Waals surface area contributed by atoms with Crippen LogP contribution in [0.15, 0.2) is 58.4 Å². The van der Waals surface area contributed by atoms with Gasteiger partial charge in [-0.15, -0.1) is 0 Å². The standard InChI is InChI=1S/C23H25BrN2O3S/c24-21-8-9-22-20(17-21)7-4-13-26(22)23(27)19-10-14-25(15-11-19)30(28,29)16-12-18-5-2-1-3-6-18/h1-3,5-6,8-9,12,16-17,19H,4,7,10-11,13-15H2/b16-12+. The average Bonchev–Trinajstić information content (AvgIpc) is 2.77. The van der Waals surface area contributed by atoms with Crippen molar-refractivity contribution in [2.45, 2.75) is 25.7 Å². The van der Waals surface area contributed by atoms with Crippen LogP contribution in [0.1, 0.15) is 30.4 Å². The molecular formula is C23H25BrN2O3S. The predicted octanol–water partition coefficient (Wildman–Crippen LogP) is 4.44. The second-order valence-corrected chi connectivity index (χ2v) is 10.5. The maximum atomic E-state index is 13.2. The molecule has 2 heterocycles. The Morgan fingerprint density at radius 3 is 2.50 bits per heavy atom. The molecule has 0 N–H and O–H groups in total. The number of halogens is 1. The summed E-state index contributed by atoms with van der Waals surface area (Å²) in [6, 6.07) is 15.4. The molecule has 2 aromatic rings. The van der Waals surface area contributed by atoms with Crippen molar-refractivity contribution in [3.63, 3.8) is 0 Å². The van der Waals surface area contributed by atoms with E-state index in [9.17, 15) is 13.2 Å². The molecule has 1 fully saturated rings. The van der Waals surface area contributed by atoms with Gasteiger partial charge in [-0.1, -0.05) is 46.3 Å². The summed E-state index contributed by atoms with van der Waals surface area (Å²) >= 11 is 3.51. The third-order valence-corrected chi connectivity index (χ3v) is 7.88. The summed E-state index contributed by atoms with van der Waals surface area (Å²) < 4.78 is 27.9. The number of sulfonamides is 1. The van der Waals surface area contributed by atoms with E-state index >= 15 is 0 Å². The van der Waals surface area contributed by atoms with Crippen LogP contribution in [-0.4, -0.2) is 38.3 Å². The lowest BCUT2D eigenvalue weighted by Crippen LogP contribution is -2.45. The molecule has 0 bridgehead atoms. The Labute approximate surface area is 186 Å². The molecule has 0 aliphatic carbocycles. The van der Waals surface area contributed by atoms with Gasteiger partial charge in [0.05, 0.1) is 0 Å². The van der Waals surface area contributed by atoms with E-state index in [4.69, 9.17) is 0 Å². The van der Waals surface area contributed by atoms with Gasteiger partial charge in [0, 0.05) is 41.1 Å². The number of aryl methyl sites for hydroxylation is 1. The Bertz CT molecular complexity index is 1050. The number of hydrogen-bond acceptors (Lipinski definition) is 3. The molecule has 158 valence electrons. The van der Waals surface area contributed by atoms with Crippen molar-refractivity contribution in [2.75, 3.05) is 24.5 Å². The predicted molar refractivity (Wildman–Crippen MR) is 124 cm³/mol. The van der Waals surface area contributed by atoms with Crippen molar-refractivity contribution in [1.29, 1.82) is 0 Å². The summed E-state index contributed by atoms with van der Waals surface area (Å²) in [6.07, 6.45) is 4.66. The van der Waals surface area contributed by atoms with E-state index in [0.717, 1.165) is 35.1 Å². The molecule has 2 aromatic carbocycles. The quantitative estimate of drug-likeness (QED) is 0.638. The van der Waals surface area contributed by atoms with Gasteiger partial charge in [0.2, 0.25) is 15.9 Å². The molecule has 30 heavy (non-hydrogen) atoms. The van der Waals surface area contributed by atoms with E-state index < -0.39 is 10.0 Å². The Hall–Kier alpha value is -1.96. The van der Waals surface area contributed by atoms with Crippen LogP contribution in [0.5, 0.6) is 0 Å². The van der Waals surface area contributed by atoms with Crippen LogP contribution in [0, 0.1) is 5.92 Å². The largest absolute Gasteiger partial charge is 0.312 e. The van der Waals surface area contributed by atoms with Gasteiger partial charge >= 0.3 is 0 Å². The third-order valence-electron chi connectivity index (χ3n) is 5.82. The Morgan fingerprint density at radius 2 is 1.77 bits per heavy atom. The van der Waals surface area contributed by atoms with Gasteiger partial charge < -0.3 is 4.90 Å². The number of carbonyl (C=O) groups is 1. The summed E-state index contributed by atoms with van der Waals surface area (Å²) in [5.41, 5.74) is 3.03. The topological polar surface area (TPSA) is 57.7 Å². The molecule has 2 aliphatic rings. The summed E-state index contributed by atoms with van der Waals surface area (Å²) in [5, 5.41) is 1.27. The molecule has 0 atom stereocenters. The van der Waals surface area contributed by atoms with Crippen LogP contribution >= 0.6 is 15.9 Å². The Kier molecular flexibility index (Phi) is 6.41. The van der Waals surface area contributed by atoms with Gasteiger partial charge in [-0.2, -0.15) is 4.31 Å². The summed E-state index contributed by atoms with van der Waals surface area (Å²) in [6.45, 7) is 1.48. The lowest BCUT2D eigenvalue weighted by Gasteiger charge is -2.35. The van der Waals surface area contributed by atoms with Crippen LogP contribution in [0.3, 0.4) is 0 Å². The number of nitrogens with zero attached hydrogens (tertiary/aromatic N) is 2. The highest BCUT2D eigenvalue weighted by Gasteiger charge is 2.34. The number of benzene rings is 2. The maximum absolute atomic E-state index is 13.2. The first-order valence-corrected chi connectivity index (χ1v) is 12.6. The van der Waals surface area contributed by atoms with Crippen LogP contribution in [0.4, 0.5) is 5.69 Å². The highest BCUT2D eigenvalue weighted by Crippen LogP contribution is 2.32. The molecule has 0 saturated carbocycles. The first kappa shape index (κ1) is 21.3. The SMILES string of the molecule is O=C(C1CCN(S(=O)(=O)/C=C/c2ccccc2)CC1)N1CCCc2cc(Br)ccc21. The van der Waals surface area contributed by atoms with Crippen molar-refractivity contribution >= 4 is 43.6 Å². The van der Waals surface area contributed by atoms with Gasteiger partial charge in [-0.25, -0.2) is 8.42 Å². The van der Waals surface area contributed by atoms with E-state index in [-0.39, 0.29) is 11.8 Å². The monoisotopic (exact) mass is 488 g/mol. The van der Waals surface area contributed by atoms with Gasteiger partial charge in [0.15, 0.2) is 0 Å². The minimum atomic E-state index is -3.49. The zero-order chi connectivity index (χ0) is 21.1. The minimum absolute atomic E-state index is 0.121. The number of piperidine rings is 1. The van der Waals surface area contributed by atoms with Crippen LogP contribution in [-0.2, 0) is 21.2 Å². The first-order valence-electron chi connectivity index (χ1n) is 10.3. The number of anilines is 1. The van der Waals surface area contributed by atoms with E-state index in [1.165, 1.54) is 15.3 Å². The molecule has 7 heteroatoms. The minimum Gasteiger partial charge on any atom is -0.312 e. The number of fused-ring (bicyclic) bond motifs is 1. The van der Waals surface area contributed by atoms with E-state index in [1.807, 2.05) is 47.4 Å². The molecule has 5 nitrogen and oxygen atoms in total. The second-order valence-electron chi connectivity index (χ2n) is 7.80. The Morgan fingerprint density at radius 1 is 1.03 bits per heavy atom. The first-order chi connectivity index (χ1) is 14.4. The van der Waals surface area contributed by atoms with Crippen molar-refractivity contribution in [3.8, 4) is 0 Å². The summed E-state index contributed by atoms with van der Waals surface area (Å²) in [4.78, 5) is 15.1. The molecule has 0 radical (unpaired) electrons. The van der Waals surface area contributed by atoms with Gasteiger partial charge in [-0.05, 0) is 61.1 Å². The van der Waals surface area contributed by atoms with Crippen LogP contribution < -0.4 is 4.90 Å². The van der Waals surface area contributed by atoms with E-state index in [0.29, 0.717) is 25.9 Å². The van der Waals surface area contributed by atoms with Crippen LogP contribution in [0.25, 0.3) is 6.08 Å². The maximum Gasteiger partial charge on any atom is 0.236 e. The lowest BCUT2D eigenvalue weighted by atomic mass is 9.94. The van der Waals surface area contributed by atoms with Gasteiger partial charge in [0.1, 0.15) is 0 Å². The lowest BCUT2D eigenvalue weighted by molar-refractivity contribution is -0.123. The van der Waals surface area contributed by atoms with Crippen molar-refractivity contribution in [3.05, 3.63) is 69.5 Å². The number of carbonyl (C=O) groups excluding carboxylic acids is 1. The average molecular weight is 489 g/mol. The molecule has 0 spiro atoms. The highest BCUT2D eigenvalue weighted by atomic mass is 79.9. The zero-order valence-electron chi connectivity index (χ0n) is 16.7. The fourth-order valence-corrected chi connectivity index (χ4v) is 5.82. The smallest absolute Gasteiger partial charge is 0.236 e. The third kappa shape index (κ3) is 4.68. The molecule has 0 unspecified atom stereocenters. The normalized spacial score (nSPS) is 18.5. The summed E-state index contributed by atoms with van der Waals surface area (Å²) in [5.74, 6) is -0.0145. The number of amides is 1. The fourth-order valence-electron chi connectivity index (χ4n) is 4.19. The molecular weight excluding hydrogens is 464 g/mol. The number of hydrogen-bond donors (Lipinski definition) is 0. The molecule has 0 aromatic heterocycles. The van der Waals surface area contributed by atoms with Gasteiger partial charge in [0.25, 0.3) is 0 Å². The molecule has 2 aliphatic heterocycles. The Balaban J connectivity index is 1.40. The molecule has 4 rings (SSSR count). The van der Waals surface area contributed by atoms with Gasteiger partial charge in [-0.3, -0.25) is 4.79 Å². The second kappa shape index (κ2) is 9.04. The number of rotatable bonds is 4.